The van der Waals surface area contributed by atoms with Crippen LogP contribution < -0.4 is 5.32 Å². The van der Waals surface area contributed by atoms with E-state index < -0.39 is 9.84 Å². The van der Waals surface area contributed by atoms with Crippen molar-refractivity contribution in [2.45, 2.75) is 50.5 Å². The fourth-order valence-corrected chi connectivity index (χ4v) is 5.21. The molecule has 112 valence electrons. The molecule has 0 amide bonds. The van der Waals surface area contributed by atoms with Crippen LogP contribution in [-0.4, -0.2) is 27.3 Å². The fourth-order valence-electron chi connectivity index (χ4n) is 3.29. The zero-order valence-corrected chi connectivity index (χ0v) is 13.5. The Bertz CT molecular complexity index is 560. The van der Waals surface area contributed by atoms with Gasteiger partial charge in [0, 0.05) is 6.04 Å². The monoisotopic (exact) mass is 295 g/mol. The number of benzene rings is 1. The molecule has 0 saturated heterocycles. The van der Waals surface area contributed by atoms with Gasteiger partial charge in [-0.15, -0.1) is 0 Å². The number of rotatable bonds is 5. The molecule has 0 spiro atoms. The third kappa shape index (κ3) is 3.41. The summed E-state index contributed by atoms with van der Waals surface area (Å²) in [6, 6.07) is 5.64. The summed E-state index contributed by atoms with van der Waals surface area (Å²) < 4.78 is 25.3. The van der Waals surface area contributed by atoms with Crippen LogP contribution in [0.3, 0.4) is 0 Å². The number of sulfone groups is 1. The summed E-state index contributed by atoms with van der Waals surface area (Å²) in [5.41, 5.74) is 1.95. The predicted octanol–water partition coefficient (Wildman–Crippen LogP) is 2.86. The Balaban J connectivity index is 2.21. The van der Waals surface area contributed by atoms with Gasteiger partial charge >= 0.3 is 0 Å². The average Bonchev–Trinajstić information content (AvgIpc) is 2.89. The van der Waals surface area contributed by atoms with Crippen LogP contribution in [0.25, 0.3) is 0 Å². The van der Waals surface area contributed by atoms with E-state index in [1.165, 1.54) is 12.8 Å². The summed E-state index contributed by atoms with van der Waals surface area (Å²) in [4.78, 5) is 0.487. The summed E-state index contributed by atoms with van der Waals surface area (Å²) in [5.74, 6) is 0.707. The number of hydrogen-bond donors (Lipinski definition) is 1. The van der Waals surface area contributed by atoms with Gasteiger partial charge < -0.3 is 5.32 Å². The normalized spacial score (nSPS) is 18.4. The Morgan fingerprint density at radius 3 is 2.45 bits per heavy atom. The fraction of sp³-hybridized carbons (Fsp3) is 0.625. The molecule has 1 aliphatic rings. The van der Waals surface area contributed by atoms with Crippen molar-refractivity contribution in [3.05, 3.63) is 29.3 Å². The zero-order chi connectivity index (χ0) is 14.8. The molecule has 1 N–H and O–H groups in total. The topological polar surface area (TPSA) is 46.2 Å². The summed E-state index contributed by atoms with van der Waals surface area (Å²) in [5, 5.41) is 3.22. The third-order valence-corrected chi connectivity index (χ3v) is 6.33. The van der Waals surface area contributed by atoms with Gasteiger partial charge in [-0.3, -0.25) is 0 Å². The standard InChI is InChI=1S/C16H25NO2S/c1-12-8-9-16(13(2)10-12)20(18,19)11-15(17-3)14-6-4-5-7-14/h8-10,14-15,17H,4-7,11H2,1-3H3. The molecule has 1 fully saturated rings. The van der Waals surface area contributed by atoms with Crippen molar-refractivity contribution in [3.63, 3.8) is 0 Å². The molecular weight excluding hydrogens is 270 g/mol. The van der Waals surface area contributed by atoms with Crippen LogP contribution in [0.4, 0.5) is 0 Å². The van der Waals surface area contributed by atoms with Crippen molar-refractivity contribution in [1.82, 2.24) is 5.32 Å². The molecule has 1 aliphatic carbocycles. The maximum atomic E-state index is 12.7. The van der Waals surface area contributed by atoms with Crippen molar-refractivity contribution in [2.75, 3.05) is 12.8 Å². The van der Waals surface area contributed by atoms with E-state index >= 15 is 0 Å². The molecular formula is C16H25NO2S. The first-order valence-corrected chi connectivity index (χ1v) is 9.06. The first-order chi connectivity index (χ1) is 9.44. The molecule has 0 aromatic heterocycles. The lowest BCUT2D eigenvalue weighted by Crippen LogP contribution is -2.38. The van der Waals surface area contributed by atoms with Gasteiger partial charge in [-0.25, -0.2) is 8.42 Å². The summed E-state index contributed by atoms with van der Waals surface area (Å²) in [6.07, 6.45) is 4.75. The van der Waals surface area contributed by atoms with Crippen LogP contribution in [0.1, 0.15) is 36.8 Å². The van der Waals surface area contributed by atoms with Crippen LogP contribution in [0, 0.1) is 19.8 Å². The first-order valence-electron chi connectivity index (χ1n) is 7.41. The van der Waals surface area contributed by atoms with Crippen molar-refractivity contribution in [1.29, 1.82) is 0 Å². The lowest BCUT2D eigenvalue weighted by atomic mass is 10.0. The lowest BCUT2D eigenvalue weighted by Gasteiger charge is -2.23. The quantitative estimate of drug-likeness (QED) is 0.908. The van der Waals surface area contributed by atoms with E-state index in [0.717, 1.165) is 24.0 Å². The first kappa shape index (κ1) is 15.5. The number of hydrogen-bond acceptors (Lipinski definition) is 3. The molecule has 1 atom stereocenters. The van der Waals surface area contributed by atoms with Gasteiger partial charge in [0.1, 0.15) is 0 Å². The molecule has 1 saturated carbocycles. The van der Waals surface area contributed by atoms with Crippen molar-refractivity contribution in [2.24, 2.45) is 5.92 Å². The highest BCUT2D eigenvalue weighted by Crippen LogP contribution is 2.29. The average molecular weight is 295 g/mol. The van der Waals surface area contributed by atoms with Gasteiger partial charge in [-0.2, -0.15) is 0 Å². The summed E-state index contributed by atoms with van der Waals surface area (Å²) in [6.45, 7) is 3.86. The minimum atomic E-state index is -3.22. The maximum Gasteiger partial charge on any atom is 0.180 e. The van der Waals surface area contributed by atoms with Gasteiger partial charge in [-0.1, -0.05) is 30.5 Å². The highest BCUT2D eigenvalue weighted by Gasteiger charge is 2.29. The molecule has 1 aromatic rings. The van der Waals surface area contributed by atoms with Gasteiger partial charge in [-0.05, 0) is 51.3 Å². The summed E-state index contributed by atoms with van der Waals surface area (Å²) >= 11 is 0. The predicted molar refractivity (Wildman–Crippen MR) is 82.8 cm³/mol. The largest absolute Gasteiger partial charge is 0.316 e. The van der Waals surface area contributed by atoms with Crippen LogP contribution in [0.5, 0.6) is 0 Å². The SMILES string of the molecule is CNC(CS(=O)(=O)c1ccc(C)cc1C)C1CCCC1. The minimum absolute atomic E-state index is 0.0724. The Morgan fingerprint density at radius 1 is 1.25 bits per heavy atom. The van der Waals surface area contributed by atoms with Crippen molar-refractivity contribution < 1.29 is 8.42 Å². The van der Waals surface area contributed by atoms with Gasteiger partial charge in [0.25, 0.3) is 0 Å². The molecule has 1 aromatic carbocycles. The molecule has 2 rings (SSSR count). The molecule has 0 bridgehead atoms. The smallest absolute Gasteiger partial charge is 0.180 e. The van der Waals surface area contributed by atoms with E-state index in [9.17, 15) is 8.42 Å². The van der Waals surface area contributed by atoms with E-state index in [-0.39, 0.29) is 11.8 Å². The minimum Gasteiger partial charge on any atom is -0.316 e. The van der Waals surface area contributed by atoms with E-state index in [1.807, 2.05) is 33.0 Å². The Hall–Kier alpha value is -0.870. The molecule has 3 nitrogen and oxygen atoms in total. The zero-order valence-electron chi connectivity index (χ0n) is 12.6. The lowest BCUT2D eigenvalue weighted by molar-refractivity contribution is 0.404. The number of aryl methyl sites for hydroxylation is 2. The molecule has 0 radical (unpaired) electrons. The van der Waals surface area contributed by atoms with Crippen LogP contribution >= 0.6 is 0 Å². The molecule has 0 aliphatic heterocycles. The second-order valence-corrected chi connectivity index (χ2v) is 7.99. The Labute approximate surface area is 122 Å². The Kier molecular flexibility index (Phi) is 4.86. The molecule has 4 heteroatoms. The van der Waals surface area contributed by atoms with E-state index in [0.29, 0.717) is 10.8 Å². The van der Waals surface area contributed by atoms with Gasteiger partial charge in [0.05, 0.1) is 10.6 Å². The van der Waals surface area contributed by atoms with Crippen LogP contribution in [-0.2, 0) is 9.84 Å². The van der Waals surface area contributed by atoms with Crippen LogP contribution in [0.2, 0.25) is 0 Å². The van der Waals surface area contributed by atoms with E-state index in [1.54, 1.807) is 6.07 Å². The molecule has 20 heavy (non-hydrogen) atoms. The Morgan fingerprint density at radius 2 is 1.90 bits per heavy atom. The van der Waals surface area contributed by atoms with Gasteiger partial charge in [0.2, 0.25) is 0 Å². The van der Waals surface area contributed by atoms with E-state index in [2.05, 4.69) is 5.32 Å². The number of nitrogens with one attached hydrogen (secondary N) is 1. The third-order valence-electron chi connectivity index (χ3n) is 4.40. The van der Waals surface area contributed by atoms with Crippen LogP contribution in [0.15, 0.2) is 23.1 Å². The summed E-state index contributed by atoms with van der Waals surface area (Å²) in [7, 11) is -1.34. The highest BCUT2D eigenvalue weighted by molar-refractivity contribution is 7.91. The van der Waals surface area contributed by atoms with Crippen molar-refractivity contribution >= 4 is 9.84 Å². The van der Waals surface area contributed by atoms with Gasteiger partial charge in [0.15, 0.2) is 9.84 Å². The highest BCUT2D eigenvalue weighted by atomic mass is 32.2. The molecule has 1 unspecified atom stereocenters. The maximum absolute atomic E-state index is 12.7. The van der Waals surface area contributed by atoms with Crippen molar-refractivity contribution in [3.8, 4) is 0 Å². The second kappa shape index (κ2) is 6.27. The van der Waals surface area contributed by atoms with E-state index in [4.69, 9.17) is 0 Å². The second-order valence-electron chi connectivity index (χ2n) is 5.99. The molecule has 0 heterocycles.